The molecule has 2 aromatic rings. The van der Waals surface area contributed by atoms with Crippen LogP contribution < -0.4 is 10.1 Å². The molecule has 2 rings (SSSR count). The second-order valence-corrected chi connectivity index (χ2v) is 7.22. The molecule has 0 saturated carbocycles. The van der Waals surface area contributed by atoms with E-state index in [1.165, 1.54) is 6.08 Å². The van der Waals surface area contributed by atoms with Crippen molar-refractivity contribution >= 4 is 40.4 Å². The summed E-state index contributed by atoms with van der Waals surface area (Å²) in [6, 6.07) is 8.99. The number of rotatable bonds is 7. The number of aromatic nitrogens is 2. The van der Waals surface area contributed by atoms with Gasteiger partial charge in [-0.2, -0.15) is 14.6 Å². The Morgan fingerprint density at radius 2 is 2.16 bits per heavy atom. The second kappa shape index (κ2) is 9.20. The summed E-state index contributed by atoms with van der Waals surface area (Å²) in [7, 11) is 1.58. The summed E-state index contributed by atoms with van der Waals surface area (Å²) in [5, 5.41) is 12.9. The van der Waals surface area contributed by atoms with Crippen LogP contribution >= 0.6 is 23.3 Å². The van der Waals surface area contributed by atoms with E-state index in [4.69, 9.17) is 4.74 Å². The van der Waals surface area contributed by atoms with Crippen molar-refractivity contribution in [2.75, 3.05) is 18.2 Å². The van der Waals surface area contributed by atoms with E-state index in [9.17, 15) is 10.1 Å². The van der Waals surface area contributed by atoms with Gasteiger partial charge in [0.05, 0.1) is 7.11 Å². The standard InChI is InChI=1S/C17H18N4O2S2/c1-11(2)10-24-17-20-16(25-21-17)19-15(22)13(9-18)8-12-4-6-14(23-3)7-5-12/h4-8,11H,10H2,1-3H3,(H,19,20,21,22)/b13-8-. The van der Waals surface area contributed by atoms with Crippen LogP contribution in [-0.4, -0.2) is 28.1 Å². The lowest BCUT2D eigenvalue weighted by molar-refractivity contribution is -0.112. The fourth-order valence-electron chi connectivity index (χ4n) is 1.74. The van der Waals surface area contributed by atoms with Crippen molar-refractivity contribution < 1.29 is 9.53 Å². The molecule has 1 N–H and O–H groups in total. The van der Waals surface area contributed by atoms with Gasteiger partial charge in [0, 0.05) is 17.3 Å². The SMILES string of the molecule is COc1ccc(/C=C(/C#N)C(=O)Nc2nc(SCC(C)C)ns2)cc1. The van der Waals surface area contributed by atoms with Gasteiger partial charge >= 0.3 is 0 Å². The van der Waals surface area contributed by atoms with Crippen molar-refractivity contribution in [2.24, 2.45) is 5.92 Å². The highest BCUT2D eigenvalue weighted by molar-refractivity contribution is 7.99. The van der Waals surface area contributed by atoms with Crippen LogP contribution in [0, 0.1) is 17.2 Å². The average molecular weight is 374 g/mol. The average Bonchev–Trinajstić information content (AvgIpc) is 3.05. The van der Waals surface area contributed by atoms with E-state index in [1.54, 1.807) is 43.1 Å². The van der Waals surface area contributed by atoms with E-state index < -0.39 is 5.91 Å². The number of amides is 1. The van der Waals surface area contributed by atoms with Gasteiger partial charge in [0.2, 0.25) is 10.3 Å². The zero-order valence-electron chi connectivity index (χ0n) is 14.1. The third-order valence-corrected chi connectivity index (χ3v) is 4.99. The van der Waals surface area contributed by atoms with Gasteiger partial charge in [0.15, 0.2) is 0 Å². The van der Waals surface area contributed by atoms with Gasteiger partial charge in [-0.25, -0.2) is 0 Å². The molecule has 1 aromatic carbocycles. The largest absolute Gasteiger partial charge is 0.497 e. The minimum atomic E-state index is -0.505. The number of thioether (sulfide) groups is 1. The van der Waals surface area contributed by atoms with E-state index in [1.807, 2.05) is 6.07 Å². The van der Waals surface area contributed by atoms with Crippen molar-refractivity contribution in [1.29, 1.82) is 5.26 Å². The summed E-state index contributed by atoms with van der Waals surface area (Å²) in [4.78, 5) is 16.5. The molecule has 1 amide bonds. The lowest BCUT2D eigenvalue weighted by atomic mass is 10.1. The Labute approximate surface area is 155 Å². The van der Waals surface area contributed by atoms with Crippen LogP contribution in [0.4, 0.5) is 5.13 Å². The maximum absolute atomic E-state index is 12.3. The molecule has 0 aliphatic heterocycles. The molecule has 0 saturated heterocycles. The summed E-state index contributed by atoms with van der Waals surface area (Å²) in [5.41, 5.74) is 0.731. The number of nitrogens with one attached hydrogen (secondary N) is 1. The van der Waals surface area contributed by atoms with E-state index in [0.717, 1.165) is 22.8 Å². The molecule has 0 aliphatic carbocycles. The van der Waals surface area contributed by atoms with Gasteiger partial charge in [0.25, 0.3) is 5.91 Å². The molecular weight excluding hydrogens is 356 g/mol. The molecule has 1 aromatic heterocycles. The van der Waals surface area contributed by atoms with E-state index in [2.05, 4.69) is 28.5 Å². The Morgan fingerprint density at radius 3 is 2.76 bits per heavy atom. The summed E-state index contributed by atoms with van der Waals surface area (Å²) in [6.07, 6.45) is 1.52. The molecule has 0 bridgehead atoms. The Balaban J connectivity index is 2.04. The van der Waals surface area contributed by atoms with Crippen LogP contribution in [0.1, 0.15) is 19.4 Å². The first kappa shape index (κ1) is 19.0. The first-order valence-electron chi connectivity index (χ1n) is 7.55. The molecular formula is C17H18N4O2S2. The zero-order chi connectivity index (χ0) is 18.2. The Kier molecular flexibility index (Phi) is 6.98. The number of carbonyl (C=O) groups excluding carboxylic acids is 1. The summed E-state index contributed by atoms with van der Waals surface area (Å²) >= 11 is 2.64. The van der Waals surface area contributed by atoms with Gasteiger partial charge < -0.3 is 4.74 Å². The lowest BCUT2D eigenvalue weighted by Gasteiger charge is -2.02. The fraction of sp³-hybridized carbons (Fsp3) is 0.294. The molecule has 0 unspecified atom stereocenters. The maximum Gasteiger partial charge on any atom is 0.268 e. The number of hydrogen-bond donors (Lipinski definition) is 1. The fourth-order valence-corrected chi connectivity index (χ4v) is 3.23. The molecule has 130 valence electrons. The van der Waals surface area contributed by atoms with Gasteiger partial charge in [-0.15, -0.1) is 0 Å². The predicted octanol–water partition coefficient (Wildman–Crippen LogP) is 3.84. The number of anilines is 1. The van der Waals surface area contributed by atoms with Crippen LogP contribution in [0.2, 0.25) is 0 Å². The van der Waals surface area contributed by atoms with Gasteiger partial charge in [-0.3, -0.25) is 10.1 Å². The molecule has 25 heavy (non-hydrogen) atoms. The Hall–Kier alpha value is -2.37. The molecule has 0 fully saturated rings. The van der Waals surface area contributed by atoms with Crippen molar-refractivity contribution in [3.63, 3.8) is 0 Å². The number of benzene rings is 1. The minimum absolute atomic E-state index is 0.00301. The van der Waals surface area contributed by atoms with Crippen molar-refractivity contribution in [2.45, 2.75) is 19.0 Å². The Morgan fingerprint density at radius 1 is 1.44 bits per heavy atom. The number of nitrogens with zero attached hydrogens (tertiary/aromatic N) is 3. The summed E-state index contributed by atoms with van der Waals surface area (Å²) < 4.78 is 9.27. The molecule has 0 radical (unpaired) electrons. The summed E-state index contributed by atoms with van der Waals surface area (Å²) in [5.74, 6) is 1.64. The van der Waals surface area contributed by atoms with E-state index in [-0.39, 0.29) is 5.57 Å². The quantitative estimate of drug-likeness (QED) is 0.450. The van der Waals surface area contributed by atoms with Crippen LogP contribution in [0.3, 0.4) is 0 Å². The maximum atomic E-state index is 12.3. The van der Waals surface area contributed by atoms with E-state index >= 15 is 0 Å². The highest BCUT2D eigenvalue weighted by Crippen LogP contribution is 2.22. The minimum Gasteiger partial charge on any atom is -0.497 e. The van der Waals surface area contributed by atoms with Crippen molar-refractivity contribution in [3.8, 4) is 11.8 Å². The van der Waals surface area contributed by atoms with Crippen molar-refractivity contribution in [1.82, 2.24) is 9.36 Å². The summed E-state index contributed by atoms with van der Waals surface area (Å²) in [6.45, 7) is 4.23. The molecule has 1 heterocycles. The van der Waals surface area contributed by atoms with Gasteiger partial charge in [-0.05, 0) is 29.7 Å². The number of carbonyl (C=O) groups is 1. The monoisotopic (exact) mass is 374 g/mol. The normalized spacial score (nSPS) is 11.2. The number of methoxy groups -OCH3 is 1. The lowest BCUT2D eigenvalue weighted by Crippen LogP contribution is -2.13. The van der Waals surface area contributed by atoms with Crippen LogP contribution in [-0.2, 0) is 4.79 Å². The third kappa shape index (κ3) is 5.89. The molecule has 0 aliphatic rings. The van der Waals surface area contributed by atoms with E-state index in [0.29, 0.717) is 22.0 Å². The topological polar surface area (TPSA) is 87.9 Å². The van der Waals surface area contributed by atoms with Crippen LogP contribution in [0.5, 0.6) is 5.75 Å². The van der Waals surface area contributed by atoms with Crippen LogP contribution in [0.15, 0.2) is 35.0 Å². The van der Waals surface area contributed by atoms with Crippen LogP contribution in [0.25, 0.3) is 6.08 Å². The second-order valence-electron chi connectivity index (χ2n) is 5.48. The smallest absolute Gasteiger partial charge is 0.268 e. The number of hydrogen-bond acceptors (Lipinski definition) is 7. The first-order chi connectivity index (χ1) is 12.0. The Bertz CT molecular complexity index is 792. The van der Waals surface area contributed by atoms with Crippen molar-refractivity contribution in [3.05, 3.63) is 35.4 Å². The molecule has 6 nitrogen and oxygen atoms in total. The zero-order valence-corrected chi connectivity index (χ0v) is 15.8. The first-order valence-corrected chi connectivity index (χ1v) is 9.31. The highest BCUT2D eigenvalue weighted by Gasteiger charge is 2.13. The predicted molar refractivity (Wildman–Crippen MR) is 101 cm³/mol. The molecule has 8 heteroatoms. The molecule has 0 atom stereocenters. The highest BCUT2D eigenvalue weighted by atomic mass is 32.2. The third-order valence-electron chi connectivity index (χ3n) is 2.97. The number of ether oxygens (including phenoxy) is 1. The van der Waals surface area contributed by atoms with Gasteiger partial charge in [0.1, 0.15) is 17.4 Å². The van der Waals surface area contributed by atoms with Gasteiger partial charge in [-0.1, -0.05) is 37.7 Å². The molecule has 0 spiro atoms. The number of nitriles is 1.